The number of likely N-dealkylation sites (N-methyl/N-ethyl adjacent to an activating group) is 1. The number of carbonyl (C=O) groups is 2. The molecular weight excluding hydrogens is 378 g/mol. The van der Waals surface area contributed by atoms with Crippen LogP contribution in [0.25, 0.3) is 0 Å². The monoisotopic (exact) mass is 401 g/mol. The van der Waals surface area contributed by atoms with Crippen LogP contribution in [0.1, 0.15) is 18.9 Å². The Morgan fingerprint density at radius 3 is 2.43 bits per heavy atom. The van der Waals surface area contributed by atoms with Crippen LogP contribution in [0.5, 0.6) is 5.75 Å². The molecule has 1 unspecified atom stereocenters. The summed E-state index contributed by atoms with van der Waals surface area (Å²) in [5.41, 5.74) is -0.321. The van der Waals surface area contributed by atoms with Gasteiger partial charge in [-0.3, -0.25) is 9.69 Å². The fourth-order valence-corrected chi connectivity index (χ4v) is 3.40. The second-order valence-electron chi connectivity index (χ2n) is 6.81. The predicted molar refractivity (Wildman–Crippen MR) is 108 cm³/mol. The van der Waals surface area contributed by atoms with E-state index < -0.39 is 11.6 Å². The van der Waals surface area contributed by atoms with Gasteiger partial charge in [-0.15, -0.1) is 0 Å². The van der Waals surface area contributed by atoms with Gasteiger partial charge in [-0.05, 0) is 43.3 Å². The number of para-hydroxylation sites is 1. The largest absolute Gasteiger partial charge is 0.492 e. The first-order chi connectivity index (χ1) is 13.5. The molecule has 6 nitrogen and oxygen atoms in total. The number of benzene rings is 2. The maximum atomic E-state index is 13.1. The summed E-state index contributed by atoms with van der Waals surface area (Å²) in [5, 5.41) is 3.46. The van der Waals surface area contributed by atoms with Crippen molar-refractivity contribution in [1.29, 1.82) is 0 Å². The highest BCUT2D eigenvalue weighted by Gasteiger charge is 2.51. The molecule has 3 amide bonds. The minimum absolute atomic E-state index is 0.193. The quantitative estimate of drug-likeness (QED) is 0.688. The molecule has 1 aliphatic rings. The first-order valence-corrected chi connectivity index (χ1v) is 9.60. The first-order valence-electron chi connectivity index (χ1n) is 9.23. The van der Waals surface area contributed by atoms with Crippen LogP contribution < -0.4 is 10.1 Å². The summed E-state index contributed by atoms with van der Waals surface area (Å²) in [5.74, 6) is 0.539. The number of nitrogens with zero attached hydrogens (tertiary/aromatic N) is 2. The van der Waals surface area contributed by atoms with Crippen molar-refractivity contribution in [2.45, 2.75) is 18.9 Å². The summed E-state index contributed by atoms with van der Waals surface area (Å²) in [6.07, 6.45) is 0.455. The van der Waals surface area contributed by atoms with E-state index in [1.54, 1.807) is 24.3 Å². The van der Waals surface area contributed by atoms with Gasteiger partial charge in [0.25, 0.3) is 5.91 Å². The Morgan fingerprint density at radius 2 is 1.79 bits per heavy atom. The van der Waals surface area contributed by atoms with Crippen LogP contribution in [0.2, 0.25) is 5.02 Å². The Balaban J connectivity index is 1.63. The molecule has 2 aromatic carbocycles. The Kier molecular flexibility index (Phi) is 6.21. The van der Waals surface area contributed by atoms with Crippen molar-refractivity contribution < 1.29 is 14.3 Å². The highest BCUT2D eigenvalue weighted by molar-refractivity contribution is 6.30. The number of rotatable bonds is 8. The smallest absolute Gasteiger partial charge is 0.326 e. The number of hydrogen-bond donors (Lipinski definition) is 1. The average molecular weight is 402 g/mol. The van der Waals surface area contributed by atoms with E-state index in [2.05, 4.69) is 5.32 Å². The lowest BCUT2D eigenvalue weighted by Gasteiger charge is -2.27. The molecule has 0 saturated carbocycles. The Labute approximate surface area is 170 Å². The number of ether oxygens (including phenoxy) is 1. The zero-order chi connectivity index (χ0) is 20.1. The highest BCUT2D eigenvalue weighted by Crippen LogP contribution is 2.33. The summed E-state index contributed by atoms with van der Waals surface area (Å²) in [6, 6.07) is 16.1. The van der Waals surface area contributed by atoms with Crippen LogP contribution in [0.3, 0.4) is 0 Å². The van der Waals surface area contributed by atoms with Gasteiger partial charge in [-0.2, -0.15) is 0 Å². The number of nitrogens with one attached hydrogen (secondary N) is 1. The van der Waals surface area contributed by atoms with Crippen molar-refractivity contribution in [2.24, 2.45) is 0 Å². The average Bonchev–Trinajstić information content (AvgIpc) is 2.94. The van der Waals surface area contributed by atoms with Crippen molar-refractivity contribution in [3.05, 3.63) is 65.2 Å². The standard InChI is InChI=1S/C21H24ClN3O3/c1-3-21(16-9-11-17(22)12-10-16)19(26)25(20(27)23-21)15-24(2)13-14-28-18-7-5-4-6-8-18/h4-12H,3,13-15H2,1-2H3,(H,23,27). The van der Waals surface area contributed by atoms with Crippen molar-refractivity contribution in [3.63, 3.8) is 0 Å². The van der Waals surface area contributed by atoms with E-state index >= 15 is 0 Å². The lowest BCUT2D eigenvalue weighted by molar-refractivity contribution is -0.133. The molecule has 1 heterocycles. The number of carbonyl (C=O) groups excluding carboxylic acids is 2. The first kappa shape index (κ1) is 20.2. The minimum atomic E-state index is -1.05. The third-order valence-electron chi connectivity index (χ3n) is 4.91. The lowest BCUT2D eigenvalue weighted by atomic mass is 9.87. The zero-order valence-corrected chi connectivity index (χ0v) is 16.8. The van der Waals surface area contributed by atoms with E-state index in [0.717, 1.165) is 11.3 Å². The van der Waals surface area contributed by atoms with E-state index in [1.165, 1.54) is 4.90 Å². The van der Waals surface area contributed by atoms with Crippen molar-refractivity contribution in [2.75, 3.05) is 26.9 Å². The summed E-state index contributed by atoms with van der Waals surface area (Å²) in [4.78, 5) is 28.8. The molecule has 1 atom stereocenters. The van der Waals surface area contributed by atoms with Crippen molar-refractivity contribution >= 4 is 23.5 Å². The molecule has 0 bridgehead atoms. The van der Waals surface area contributed by atoms with Gasteiger partial charge in [0, 0.05) is 11.6 Å². The Bertz CT molecular complexity index is 829. The molecule has 2 aromatic rings. The zero-order valence-electron chi connectivity index (χ0n) is 16.0. The molecule has 28 heavy (non-hydrogen) atoms. The number of imide groups is 1. The van der Waals surface area contributed by atoms with Crippen LogP contribution in [0.15, 0.2) is 54.6 Å². The van der Waals surface area contributed by atoms with Crippen molar-refractivity contribution in [1.82, 2.24) is 15.1 Å². The van der Waals surface area contributed by atoms with Gasteiger partial charge in [0.1, 0.15) is 17.9 Å². The van der Waals surface area contributed by atoms with E-state index in [9.17, 15) is 9.59 Å². The summed E-state index contributed by atoms with van der Waals surface area (Å²) in [6.45, 7) is 3.11. The van der Waals surface area contributed by atoms with Gasteiger partial charge in [0.15, 0.2) is 0 Å². The summed E-state index contributed by atoms with van der Waals surface area (Å²) in [7, 11) is 1.85. The molecule has 3 rings (SSSR count). The molecule has 0 aromatic heterocycles. The number of urea groups is 1. The molecule has 1 saturated heterocycles. The van der Waals surface area contributed by atoms with Crippen LogP contribution in [0.4, 0.5) is 4.79 Å². The maximum Gasteiger partial charge on any atom is 0.326 e. The second kappa shape index (κ2) is 8.63. The number of hydrogen-bond acceptors (Lipinski definition) is 4. The van der Waals surface area contributed by atoms with E-state index in [0.29, 0.717) is 24.6 Å². The molecular formula is C21H24ClN3O3. The van der Waals surface area contributed by atoms with Gasteiger partial charge in [0.05, 0.1) is 6.67 Å². The molecule has 0 spiro atoms. The third-order valence-corrected chi connectivity index (χ3v) is 5.16. The molecule has 1 fully saturated rings. The normalized spacial score (nSPS) is 19.2. The van der Waals surface area contributed by atoms with Crippen LogP contribution in [-0.2, 0) is 10.3 Å². The second-order valence-corrected chi connectivity index (χ2v) is 7.25. The summed E-state index contributed by atoms with van der Waals surface area (Å²) >= 11 is 5.96. The van der Waals surface area contributed by atoms with Crippen LogP contribution >= 0.6 is 11.6 Å². The molecule has 1 N–H and O–H groups in total. The van der Waals surface area contributed by atoms with Crippen LogP contribution in [-0.4, -0.2) is 48.6 Å². The number of halogens is 1. The maximum absolute atomic E-state index is 13.1. The fraction of sp³-hybridized carbons (Fsp3) is 0.333. The molecule has 0 radical (unpaired) electrons. The van der Waals surface area contributed by atoms with Gasteiger partial charge >= 0.3 is 6.03 Å². The van der Waals surface area contributed by atoms with E-state index in [-0.39, 0.29) is 12.6 Å². The van der Waals surface area contributed by atoms with Crippen LogP contribution in [0, 0.1) is 0 Å². The van der Waals surface area contributed by atoms with E-state index in [1.807, 2.05) is 49.2 Å². The third kappa shape index (κ3) is 4.13. The highest BCUT2D eigenvalue weighted by atomic mass is 35.5. The van der Waals surface area contributed by atoms with Gasteiger partial charge < -0.3 is 10.1 Å². The fourth-order valence-electron chi connectivity index (χ4n) is 3.28. The summed E-state index contributed by atoms with van der Waals surface area (Å²) < 4.78 is 5.68. The van der Waals surface area contributed by atoms with Gasteiger partial charge in [-0.1, -0.05) is 48.9 Å². The molecule has 148 valence electrons. The van der Waals surface area contributed by atoms with Gasteiger partial charge in [0.2, 0.25) is 0 Å². The predicted octanol–water partition coefficient (Wildman–Crippen LogP) is 3.47. The number of amides is 3. The SMILES string of the molecule is CCC1(c2ccc(Cl)cc2)NC(=O)N(CN(C)CCOc2ccccc2)C1=O. The van der Waals surface area contributed by atoms with Gasteiger partial charge in [-0.25, -0.2) is 9.69 Å². The lowest BCUT2D eigenvalue weighted by Crippen LogP contribution is -2.45. The minimum Gasteiger partial charge on any atom is -0.492 e. The van der Waals surface area contributed by atoms with E-state index in [4.69, 9.17) is 16.3 Å². The Hall–Kier alpha value is -2.57. The van der Waals surface area contributed by atoms with Crippen molar-refractivity contribution in [3.8, 4) is 5.75 Å². The molecule has 0 aliphatic carbocycles. The molecule has 1 aliphatic heterocycles. The molecule has 7 heteroatoms. The Morgan fingerprint density at radius 1 is 1.11 bits per heavy atom. The topological polar surface area (TPSA) is 61.9 Å².